The molecule has 0 aliphatic carbocycles. The van der Waals surface area contributed by atoms with Crippen LogP contribution in [0.3, 0.4) is 0 Å². The van der Waals surface area contributed by atoms with Crippen LogP contribution in [0.5, 0.6) is 0 Å². The van der Waals surface area contributed by atoms with Crippen LogP contribution < -0.4 is 10.6 Å². The first-order valence-corrected chi connectivity index (χ1v) is 5.03. The van der Waals surface area contributed by atoms with Crippen molar-refractivity contribution >= 4 is 5.82 Å². The van der Waals surface area contributed by atoms with E-state index < -0.39 is 0 Å². The number of piperidine rings is 1. The van der Waals surface area contributed by atoms with Crippen LogP contribution in [-0.4, -0.2) is 28.6 Å². The Balaban J connectivity index is 2.02. The number of hydrogen-bond donors (Lipinski definition) is 2. The number of anilines is 1. The first-order valence-electron chi connectivity index (χ1n) is 5.03. The maximum Gasteiger partial charge on any atom is 0.129 e. The van der Waals surface area contributed by atoms with Gasteiger partial charge in [0.25, 0.3) is 0 Å². The quantitative estimate of drug-likeness (QED) is 0.735. The molecule has 1 fully saturated rings. The zero-order valence-corrected chi connectivity index (χ0v) is 8.45. The molecule has 0 saturated carbocycles. The Morgan fingerprint density at radius 2 is 2.21 bits per heavy atom. The van der Waals surface area contributed by atoms with Crippen molar-refractivity contribution in [3.8, 4) is 0 Å². The molecule has 4 heteroatoms. The summed E-state index contributed by atoms with van der Waals surface area (Å²) in [6.07, 6.45) is 5.61. The third-order valence-electron chi connectivity index (χ3n) is 2.72. The lowest BCUT2D eigenvalue weighted by atomic mass is 9.91. The molecule has 4 nitrogen and oxygen atoms in total. The van der Waals surface area contributed by atoms with Crippen molar-refractivity contribution in [3.05, 3.63) is 18.6 Å². The fourth-order valence-electron chi connectivity index (χ4n) is 1.78. The summed E-state index contributed by atoms with van der Waals surface area (Å²) >= 11 is 0. The monoisotopic (exact) mass is 192 g/mol. The smallest absolute Gasteiger partial charge is 0.129 e. The summed E-state index contributed by atoms with van der Waals surface area (Å²) in [6, 6.07) is 1.91. The summed E-state index contributed by atoms with van der Waals surface area (Å²) in [7, 11) is 0. The highest BCUT2D eigenvalue weighted by Gasteiger charge is 2.26. The molecule has 0 atom stereocenters. The van der Waals surface area contributed by atoms with E-state index in [4.69, 9.17) is 0 Å². The van der Waals surface area contributed by atoms with Gasteiger partial charge in [0.1, 0.15) is 12.1 Å². The minimum absolute atomic E-state index is 0.180. The highest BCUT2D eigenvalue weighted by Crippen LogP contribution is 2.21. The van der Waals surface area contributed by atoms with Crippen molar-refractivity contribution in [2.45, 2.75) is 25.3 Å². The second-order valence-corrected chi connectivity index (χ2v) is 4.03. The number of nitrogens with zero attached hydrogens (tertiary/aromatic N) is 2. The van der Waals surface area contributed by atoms with E-state index in [1.165, 1.54) is 0 Å². The highest BCUT2D eigenvalue weighted by molar-refractivity contribution is 5.35. The van der Waals surface area contributed by atoms with Gasteiger partial charge in [0, 0.05) is 11.7 Å². The molecule has 2 N–H and O–H groups in total. The molecule has 0 unspecified atom stereocenters. The van der Waals surface area contributed by atoms with Crippen LogP contribution in [-0.2, 0) is 0 Å². The second-order valence-electron chi connectivity index (χ2n) is 4.03. The number of aromatic nitrogens is 2. The first-order chi connectivity index (χ1) is 6.79. The molecule has 1 aromatic heterocycles. The maximum absolute atomic E-state index is 4.18. The van der Waals surface area contributed by atoms with Gasteiger partial charge in [-0.25, -0.2) is 9.97 Å². The van der Waals surface area contributed by atoms with Gasteiger partial charge in [-0.05, 0) is 38.9 Å². The lowest BCUT2D eigenvalue weighted by Gasteiger charge is -2.35. The predicted molar refractivity (Wildman–Crippen MR) is 56.2 cm³/mol. The molecule has 14 heavy (non-hydrogen) atoms. The van der Waals surface area contributed by atoms with Gasteiger partial charge in [0.15, 0.2) is 0 Å². The van der Waals surface area contributed by atoms with E-state index in [0.717, 1.165) is 31.7 Å². The third-order valence-corrected chi connectivity index (χ3v) is 2.72. The van der Waals surface area contributed by atoms with E-state index in [1.807, 2.05) is 6.07 Å². The average Bonchev–Trinajstić information content (AvgIpc) is 2.19. The molecule has 1 aromatic rings. The zero-order chi connectivity index (χ0) is 9.86. The predicted octanol–water partition coefficient (Wildman–Crippen LogP) is 1.03. The summed E-state index contributed by atoms with van der Waals surface area (Å²) in [5.74, 6) is 0.921. The van der Waals surface area contributed by atoms with Crippen molar-refractivity contribution < 1.29 is 0 Å². The standard InChI is InChI=1S/C10H16N4/c1-10(3-6-11-7-4-10)14-9-2-5-12-8-13-9/h2,5,8,11H,3-4,6-7H2,1H3,(H,12,13,14). The Labute approximate surface area is 84.2 Å². The fraction of sp³-hybridized carbons (Fsp3) is 0.600. The largest absolute Gasteiger partial charge is 0.365 e. The lowest BCUT2D eigenvalue weighted by Crippen LogP contribution is -2.45. The molecule has 2 heterocycles. The molecule has 0 spiro atoms. The van der Waals surface area contributed by atoms with Gasteiger partial charge in [-0.3, -0.25) is 0 Å². The van der Waals surface area contributed by atoms with Crippen LogP contribution in [0.25, 0.3) is 0 Å². The molecule has 1 saturated heterocycles. The Morgan fingerprint density at radius 3 is 2.86 bits per heavy atom. The number of nitrogens with one attached hydrogen (secondary N) is 2. The molecule has 0 aromatic carbocycles. The van der Waals surface area contributed by atoms with Crippen LogP contribution in [0.4, 0.5) is 5.82 Å². The maximum atomic E-state index is 4.18. The lowest BCUT2D eigenvalue weighted by molar-refractivity contribution is 0.364. The Morgan fingerprint density at radius 1 is 1.43 bits per heavy atom. The van der Waals surface area contributed by atoms with Crippen molar-refractivity contribution in [1.82, 2.24) is 15.3 Å². The van der Waals surface area contributed by atoms with Gasteiger partial charge in [-0.15, -0.1) is 0 Å². The molecule has 1 aliphatic heterocycles. The molecule has 0 radical (unpaired) electrons. The van der Waals surface area contributed by atoms with Gasteiger partial charge >= 0.3 is 0 Å². The molecule has 2 rings (SSSR count). The third kappa shape index (κ3) is 2.20. The summed E-state index contributed by atoms with van der Waals surface area (Å²) in [5, 5.41) is 6.82. The average molecular weight is 192 g/mol. The van der Waals surface area contributed by atoms with Crippen LogP contribution in [0.15, 0.2) is 18.6 Å². The van der Waals surface area contributed by atoms with E-state index in [2.05, 4.69) is 27.5 Å². The molecule has 1 aliphatic rings. The summed E-state index contributed by atoms with van der Waals surface area (Å²) in [5.41, 5.74) is 0.180. The van der Waals surface area contributed by atoms with Crippen molar-refractivity contribution in [1.29, 1.82) is 0 Å². The van der Waals surface area contributed by atoms with Gasteiger partial charge in [-0.1, -0.05) is 0 Å². The Bertz CT molecular complexity index is 279. The minimum atomic E-state index is 0.180. The van der Waals surface area contributed by atoms with Crippen LogP contribution >= 0.6 is 0 Å². The van der Waals surface area contributed by atoms with Gasteiger partial charge < -0.3 is 10.6 Å². The number of hydrogen-bond acceptors (Lipinski definition) is 4. The first kappa shape index (κ1) is 9.40. The van der Waals surface area contributed by atoms with Crippen molar-refractivity contribution in [2.75, 3.05) is 18.4 Å². The van der Waals surface area contributed by atoms with E-state index in [1.54, 1.807) is 12.5 Å². The normalized spacial score (nSPS) is 20.4. The SMILES string of the molecule is CC1(Nc2ccncn2)CCNCC1. The fourth-order valence-corrected chi connectivity index (χ4v) is 1.78. The van der Waals surface area contributed by atoms with Crippen LogP contribution in [0, 0.1) is 0 Å². The minimum Gasteiger partial charge on any atom is -0.365 e. The molecule has 0 amide bonds. The molecule has 0 bridgehead atoms. The molecule has 76 valence electrons. The number of rotatable bonds is 2. The summed E-state index contributed by atoms with van der Waals surface area (Å²) < 4.78 is 0. The van der Waals surface area contributed by atoms with E-state index in [-0.39, 0.29) is 5.54 Å². The topological polar surface area (TPSA) is 49.8 Å². The van der Waals surface area contributed by atoms with Crippen LogP contribution in [0.2, 0.25) is 0 Å². The second kappa shape index (κ2) is 3.92. The highest BCUT2D eigenvalue weighted by atomic mass is 15.1. The Hall–Kier alpha value is -1.16. The van der Waals surface area contributed by atoms with Crippen LogP contribution in [0.1, 0.15) is 19.8 Å². The van der Waals surface area contributed by atoms with E-state index in [9.17, 15) is 0 Å². The van der Waals surface area contributed by atoms with Gasteiger partial charge in [0.2, 0.25) is 0 Å². The molecular weight excluding hydrogens is 176 g/mol. The van der Waals surface area contributed by atoms with Gasteiger partial charge in [0.05, 0.1) is 0 Å². The summed E-state index contributed by atoms with van der Waals surface area (Å²) in [6.45, 7) is 4.40. The zero-order valence-electron chi connectivity index (χ0n) is 8.45. The summed E-state index contributed by atoms with van der Waals surface area (Å²) in [4.78, 5) is 8.07. The Kier molecular flexibility index (Phi) is 2.63. The van der Waals surface area contributed by atoms with E-state index >= 15 is 0 Å². The van der Waals surface area contributed by atoms with Crippen molar-refractivity contribution in [2.24, 2.45) is 0 Å². The van der Waals surface area contributed by atoms with Crippen molar-refractivity contribution in [3.63, 3.8) is 0 Å². The van der Waals surface area contributed by atoms with E-state index in [0.29, 0.717) is 0 Å². The molecular formula is C10H16N4. The van der Waals surface area contributed by atoms with Gasteiger partial charge in [-0.2, -0.15) is 0 Å².